The molecular weight excluding hydrogens is 420 g/mol. The van der Waals surface area contributed by atoms with Crippen LogP contribution in [-0.4, -0.2) is 86.2 Å². The van der Waals surface area contributed by atoms with Gasteiger partial charge in [-0.1, -0.05) is 44.2 Å². The number of carbonyl (C=O) groups is 2. The molecule has 10 heteroatoms. The zero-order valence-corrected chi connectivity index (χ0v) is 19.0. The minimum atomic E-state index is -3.56. The maximum absolute atomic E-state index is 13.3. The molecule has 2 heterocycles. The number of carbonyl (C=O) groups excluding carboxylic acids is 2. The first-order valence-electron chi connectivity index (χ1n) is 10.7. The Morgan fingerprint density at radius 2 is 1.55 bits per heavy atom. The Hall–Kier alpha value is -2.01. The lowest BCUT2D eigenvalue weighted by atomic mass is 10.0. The second-order valence-corrected chi connectivity index (χ2v) is 10.2. The van der Waals surface area contributed by atoms with Crippen LogP contribution in [-0.2, 0) is 24.5 Å². The van der Waals surface area contributed by atoms with Crippen LogP contribution >= 0.6 is 0 Å². The van der Waals surface area contributed by atoms with E-state index >= 15 is 0 Å². The lowest BCUT2D eigenvalue weighted by Gasteiger charge is -2.38. The number of benzene rings is 1. The molecule has 2 aliphatic heterocycles. The van der Waals surface area contributed by atoms with Gasteiger partial charge in [0.15, 0.2) is 0 Å². The Morgan fingerprint density at radius 3 is 2.13 bits per heavy atom. The van der Waals surface area contributed by atoms with E-state index in [2.05, 4.69) is 5.32 Å². The van der Waals surface area contributed by atoms with Crippen molar-refractivity contribution >= 4 is 22.0 Å². The molecule has 2 amide bonds. The van der Waals surface area contributed by atoms with Gasteiger partial charge in [0.1, 0.15) is 6.04 Å². The van der Waals surface area contributed by atoms with E-state index in [9.17, 15) is 18.0 Å². The maximum Gasteiger partial charge on any atom is 0.282 e. The van der Waals surface area contributed by atoms with Crippen molar-refractivity contribution in [3.8, 4) is 0 Å². The molecule has 0 bridgehead atoms. The minimum Gasteiger partial charge on any atom is -0.379 e. The fourth-order valence-corrected chi connectivity index (χ4v) is 5.35. The van der Waals surface area contributed by atoms with Crippen LogP contribution in [0.5, 0.6) is 0 Å². The van der Waals surface area contributed by atoms with Gasteiger partial charge in [-0.25, -0.2) is 0 Å². The van der Waals surface area contributed by atoms with Crippen LogP contribution in [0.1, 0.15) is 31.9 Å². The number of hydrogen-bond donors (Lipinski definition) is 1. The van der Waals surface area contributed by atoms with E-state index < -0.39 is 16.3 Å². The monoisotopic (exact) mass is 452 g/mol. The van der Waals surface area contributed by atoms with Crippen LogP contribution in [0.25, 0.3) is 0 Å². The molecule has 31 heavy (non-hydrogen) atoms. The number of rotatable bonds is 7. The smallest absolute Gasteiger partial charge is 0.282 e. The highest BCUT2D eigenvalue weighted by Crippen LogP contribution is 2.20. The molecule has 3 rings (SSSR count). The van der Waals surface area contributed by atoms with Crippen molar-refractivity contribution in [2.75, 3.05) is 52.5 Å². The fourth-order valence-electron chi connectivity index (χ4n) is 3.79. The van der Waals surface area contributed by atoms with E-state index in [1.165, 1.54) is 8.61 Å². The van der Waals surface area contributed by atoms with Gasteiger partial charge in [-0.3, -0.25) is 9.59 Å². The van der Waals surface area contributed by atoms with Crippen molar-refractivity contribution in [1.82, 2.24) is 18.8 Å². The lowest BCUT2D eigenvalue weighted by molar-refractivity contribution is -0.137. The van der Waals surface area contributed by atoms with Crippen LogP contribution < -0.4 is 5.32 Å². The topological polar surface area (TPSA) is 99.3 Å². The zero-order chi connectivity index (χ0) is 22.4. The second kappa shape index (κ2) is 10.5. The van der Waals surface area contributed by atoms with Gasteiger partial charge >= 0.3 is 0 Å². The van der Waals surface area contributed by atoms with Gasteiger partial charge in [-0.05, 0) is 11.5 Å². The number of ether oxygens (including phenoxy) is 1. The molecule has 2 saturated heterocycles. The largest absolute Gasteiger partial charge is 0.379 e. The summed E-state index contributed by atoms with van der Waals surface area (Å²) >= 11 is 0. The van der Waals surface area contributed by atoms with E-state index in [4.69, 9.17) is 4.74 Å². The van der Waals surface area contributed by atoms with Crippen LogP contribution in [0.3, 0.4) is 0 Å². The molecule has 1 atom stereocenters. The molecule has 0 aliphatic carbocycles. The third-order valence-corrected chi connectivity index (χ3v) is 7.49. The first kappa shape index (κ1) is 23.6. The van der Waals surface area contributed by atoms with Crippen molar-refractivity contribution in [3.63, 3.8) is 0 Å². The highest BCUT2D eigenvalue weighted by atomic mass is 32.2. The average Bonchev–Trinajstić information content (AvgIpc) is 2.78. The zero-order valence-electron chi connectivity index (χ0n) is 18.2. The lowest BCUT2D eigenvalue weighted by Crippen LogP contribution is -2.57. The minimum absolute atomic E-state index is 0.175. The summed E-state index contributed by atoms with van der Waals surface area (Å²) in [5.74, 6) is -0.210. The number of amides is 2. The predicted molar refractivity (Wildman–Crippen MR) is 116 cm³/mol. The molecule has 0 aromatic heterocycles. The third kappa shape index (κ3) is 6.03. The van der Waals surface area contributed by atoms with Gasteiger partial charge in [0.05, 0.1) is 13.2 Å². The summed E-state index contributed by atoms with van der Waals surface area (Å²) in [4.78, 5) is 27.3. The Kier molecular flexibility index (Phi) is 8.04. The Morgan fingerprint density at radius 1 is 0.968 bits per heavy atom. The van der Waals surface area contributed by atoms with Crippen molar-refractivity contribution in [2.24, 2.45) is 5.92 Å². The first-order valence-corrected chi connectivity index (χ1v) is 12.1. The molecule has 0 saturated carbocycles. The SMILES string of the molecule is CC(C)CC(=O)NC(C(=O)N1CCN(S(=O)(=O)N2CCOCC2)CC1)c1ccccc1. The van der Waals surface area contributed by atoms with Gasteiger partial charge in [-0.2, -0.15) is 17.0 Å². The van der Waals surface area contributed by atoms with Gasteiger partial charge in [0.2, 0.25) is 11.8 Å². The van der Waals surface area contributed by atoms with E-state index in [-0.39, 0.29) is 43.9 Å². The highest BCUT2D eigenvalue weighted by molar-refractivity contribution is 7.86. The number of piperazine rings is 1. The highest BCUT2D eigenvalue weighted by Gasteiger charge is 2.36. The molecule has 0 spiro atoms. The Labute approximate surface area is 184 Å². The summed E-state index contributed by atoms with van der Waals surface area (Å²) < 4.78 is 33.8. The molecule has 172 valence electrons. The van der Waals surface area contributed by atoms with E-state index in [0.717, 1.165) is 0 Å². The van der Waals surface area contributed by atoms with Crippen molar-refractivity contribution in [2.45, 2.75) is 26.3 Å². The number of nitrogens with one attached hydrogen (secondary N) is 1. The summed E-state index contributed by atoms with van der Waals surface area (Å²) in [7, 11) is -3.56. The maximum atomic E-state index is 13.3. The Bertz CT molecular complexity index is 848. The van der Waals surface area contributed by atoms with E-state index in [1.54, 1.807) is 4.90 Å². The van der Waals surface area contributed by atoms with E-state index in [0.29, 0.717) is 38.3 Å². The number of hydrogen-bond acceptors (Lipinski definition) is 5. The summed E-state index contributed by atoms with van der Waals surface area (Å²) in [6, 6.07) is 8.37. The van der Waals surface area contributed by atoms with Gasteiger partial charge in [0, 0.05) is 45.7 Å². The van der Waals surface area contributed by atoms with Gasteiger partial charge in [-0.15, -0.1) is 0 Å². The second-order valence-electron chi connectivity index (χ2n) is 8.25. The standard InChI is InChI=1S/C21H32N4O5S/c1-17(2)16-19(26)22-20(18-6-4-3-5-7-18)21(27)23-8-10-24(11-9-23)31(28,29)25-12-14-30-15-13-25/h3-7,17,20H,8-16H2,1-2H3,(H,22,26). The normalized spacial score (nSPS) is 19.9. The summed E-state index contributed by atoms with van der Waals surface area (Å²) in [6.45, 7) is 6.41. The number of morpholine rings is 1. The van der Waals surface area contributed by atoms with Gasteiger partial charge in [0.25, 0.3) is 10.2 Å². The molecule has 0 radical (unpaired) electrons. The average molecular weight is 453 g/mol. The molecule has 1 N–H and O–H groups in total. The molecule has 1 aromatic rings. The predicted octanol–water partition coefficient (Wildman–Crippen LogP) is 0.611. The molecule has 1 unspecified atom stereocenters. The molecular formula is C21H32N4O5S. The third-order valence-electron chi connectivity index (χ3n) is 5.45. The molecule has 1 aromatic carbocycles. The van der Waals surface area contributed by atoms with Crippen molar-refractivity contribution in [1.29, 1.82) is 0 Å². The van der Waals surface area contributed by atoms with E-state index in [1.807, 2.05) is 44.2 Å². The molecule has 9 nitrogen and oxygen atoms in total. The summed E-state index contributed by atoms with van der Waals surface area (Å²) in [5, 5.41) is 2.87. The fraction of sp³-hybridized carbons (Fsp3) is 0.619. The van der Waals surface area contributed by atoms with Crippen LogP contribution in [0.2, 0.25) is 0 Å². The first-order chi connectivity index (χ1) is 14.8. The number of nitrogens with zero attached hydrogens (tertiary/aromatic N) is 3. The van der Waals surface area contributed by atoms with Gasteiger partial charge < -0.3 is 15.0 Å². The molecule has 2 fully saturated rings. The van der Waals surface area contributed by atoms with Crippen LogP contribution in [0.4, 0.5) is 0 Å². The van der Waals surface area contributed by atoms with Crippen LogP contribution in [0, 0.1) is 5.92 Å². The summed E-state index contributed by atoms with van der Waals surface area (Å²) in [5.41, 5.74) is 0.716. The summed E-state index contributed by atoms with van der Waals surface area (Å²) in [6.07, 6.45) is 0.335. The van der Waals surface area contributed by atoms with Crippen molar-refractivity contribution in [3.05, 3.63) is 35.9 Å². The van der Waals surface area contributed by atoms with Crippen molar-refractivity contribution < 1.29 is 22.7 Å². The molecule has 2 aliphatic rings. The Balaban J connectivity index is 1.66. The van der Waals surface area contributed by atoms with Crippen LogP contribution in [0.15, 0.2) is 30.3 Å². The quantitative estimate of drug-likeness (QED) is 0.654.